The molecule has 5 heteroatoms. The minimum Gasteiger partial charge on any atom is -0.389 e. The predicted molar refractivity (Wildman–Crippen MR) is 63.0 cm³/mol. The van der Waals surface area contributed by atoms with Gasteiger partial charge in [-0.25, -0.2) is 0 Å². The van der Waals surface area contributed by atoms with Gasteiger partial charge in [0.15, 0.2) is 0 Å². The molecule has 1 heterocycles. The first kappa shape index (κ1) is 13.4. The monoisotopic (exact) mass is 229 g/mol. The first-order valence-corrected chi connectivity index (χ1v) is 5.79. The number of β-amino-alcohol motifs (C(OH)–C–C–N with tert-alkyl or cyclic N) is 1. The summed E-state index contributed by atoms with van der Waals surface area (Å²) in [5, 5.41) is 9.69. The van der Waals surface area contributed by atoms with Gasteiger partial charge in [0, 0.05) is 32.7 Å². The van der Waals surface area contributed by atoms with E-state index in [-0.39, 0.29) is 5.91 Å². The Hall–Kier alpha value is -0.650. The van der Waals surface area contributed by atoms with Crippen molar-refractivity contribution in [3.8, 4) is 0 Å². The molecule has 1 atom stereocenters. The minimum atomic E-state index is -0.673. The van der Waals surface area contributed by atoms with Gasteiger partial charge in [-0.1, -0.05) is 0 Å². The van der Waals surface area contributed by atoms with Crippen LogP contribution in [0, 0.1) is 0 Å². The number of piperazine rings is 1. The van der Waals surface area contributed by atoms with Gasteiger partial charge in [-0.2, -0.15) is 0 Å². The SMILES string of the molecule is CC(N)C(=O)N1CCN(CC(C)(C)O)CC1. The Labute approximate surface area is 97.2 Å². The summed E-state index contributed by atoms with van der Waals surface area (Å²) in [7, 11) is 0. The lowest BCUT2D eigenvalue weighted by Crippen LogP contribution is -2.54. The lowest BCUT2D eigenvalue weighted by atomic mass is 10.1. The number of hydrogen-bond donors (Lipinski definition) is 2. The first-order valence-electron chi connectivity index (χ1n) is 5.79. The summed E-state index contributed by atoms with van der Waals surface area (Å²) in [5.74, 6) is 0.0166. The van der Waals surface area contributed by atoms with Gasteiger partial charge < -0.3 is 15.7 Å². The van der Waals surface area contributed by atoms with Crippen LogP contribution in [0.25, 0.3) is 0 Å². The second-order valence-corrected chi connectivity index (χ2v) is 5.20. The van der Waals surface area contributed by atoms with E-state index in [4.69, 9.17) is 5.73 Å². The molecule has 1 amide bonds. The molecule has 94 valence electrons. The molecule has 0 aliphatic carbocycles. The van der Waals surface area contributed by atoms with Crippen molar-refractivity contribution in [1.29, 1.82) is 0 Å². The molecule has 3 N–H and O–H groups in total. The van der Waals surface area contributed by atoms with Crippen LogP contribution >= 0.6 is 0 Å². The molecule has 1 aliphatic rings. The molecule has 16 heavy (non-hydrogen) atoms. The fourth-order valence-electron chi connectivity index (χ4n) is 1.96. The van der Waals surface area contributed by atoms with Crippen molar-refractivity contribution in [2.45, 2.75) is 32.4 Å². The van der Waals surface area contributed by atoms with E-state index < -0.39 is 11.6 Å². The van der Waals surface area contributed by atoms with Crippen LogP contribution in [0.2, 0.25) is 0 Å². The highest BCUT2D eigenvalue weighted by molar-refractivity contribution is 5.81. The Balaban J connectivity index is 2.37. The van der Waals surface area contributed by atoms with Gasteiger partial charge >= 0.3 is 0 Å². The highest BCUT2D eigenvalue weighted by Gasteiger charge is 2.25. The molecule has 0 spiro atoms. The smallest absolute Gasteiger partial charge is 0.239 e. The molecule has 1 fully saturated rings. The summed E-state index contributed by atoms with van der Waals surface area (Å²) < 4.78 is 0. The third-order valence-electron chi connectivity index (χ3n) is 2.68. The summed E-state index contributed by atoms with van der Waals surface area (Å²) in [4.78, 5) is 15.6. The zero-order valence-electron chi connectivity index (χ0n) is 10.4. The number of rotatable bonds is 3. The number of nitrogens with zero attached hydrogens (tertiary/aromatic N) is 2. The second kappa shape index (κ2) is 5.12. The molecule has 0 aromatic rings. The van der Waals surface area contributed by atoms with Crippen molar-refractivity contribution in [3.63, 3.8) is 0 Å². The van der Waals surface area contributed by atoms with Gasteiger partial charge in [-0.15, -0.1) is 0 Å². The summed E-state index contributed by atoms with van der Waals surface area (Å²) >= 11 is 0. The Morgan fingerprint density at radius 1 is 1.38 bits per heavy atom. The summed E-state index contributed by atoms with van der Waals surface area (Å²) in [6, 6.07) is -0.416. The zero-order valence-corrected chi connectivity index (χ0v) is 10.4. The van der Waals surface area contributed by atoms with E-state index in [2.05, 4.69) is 4.90 Å². The Bertz CT molecular complexity index is 240. The fourth-order valence-corrected chi connectivity index (χ4v) is 1.96. The number of carbonyl (C=O) groups excluding carboxylic acids is 1. The normalized spacial score (nSPS) is 20.9. The van der Waals surface area contributed by atoms with E-state index >= 15 is 0 Å². The van der Waals surface area contributed by atoms with Gasteiger partial charge in [0.05, 0.1) is 11.6 Å². The van der Waals surface area contributed by atoms with Crippen LogP contribution in [0.3, 0.4) is 0 Å². The molecular weight excluding hydrogens is 206 g/mol. The second-order valence-electron chi connectivity index (χ2n) is 5.20. The topological polar surface area (TPSA) is 69.8 Å². The van der Waals surface area contributed by atoms with Crippen molar-refractivity contribution >= 4 is 5.91 Å². The minimum absolute atomic E-state index is 0.0166. The number of carbonyl (C=O) groups is 1. The van der Waals surface area contributed by atoms with Crippen LogP contribution in [0.15, 0.2) is 0 Å². The molecule has 5 nitrogen and oxygen atoms in total. The highest BCUT2D eigenvalue weighted by Crippen LogP contribution is 2.09. The maximum absolute atomic E-state index is 11.6. The molecule has 1 aliphatic heterocycles. The van der Waals surface area contributed by atoms with Gasteiger partial charge in [-0.05, 0) is 20.8 Å². The molecule has 1 rings (SSSR count). The largest absolute Gasteiger partial charge is 0.389 e. The number of aliphatic hydroxyl groups is 1. The molecule has 1 unspecified atom stereocenters. The Morgan fingerprint density at radius 3 is 2.25 bits per heavy atom. The van der Waals surface area contributed by atoms with Crippen LogP contribution in [0.1, 0.15) is 20.8 Å². The quantitative estimate of drug-likeness (QED) is 0.668. The molecule has 0 saturated carbocycles. The van der Waals surface area contributed by atoms with E-state index in [0.29, 0.717) is 19.6 Å². The number of hydrogen-bond acceptors (Lipinski definition) is 4. The summed E-state index contributed by atoms with van der Waals surface area (Å²) in [5.41, 5.74) is 4.89. The van der Waals surface area contributed by atoms with Gasteiger partial charge in [0.25, 0.3) is 0 Å². The highest BCUT2D eigenvalue weighted by atomic mass is 16.3. The average Bonchev–Trinajstić information content (AvgIpc) is 2.15. The van der Waals surface area contributed by atoms with E-state index in [1.54, 1.807) is 25.7 Å². The number of amides is 1. The third kappa shape index (κ3) is 4.08. The standard InChI is InChI=1S/C11H23N3O2/c1-9(12)10(15)14-6-4-13(5-7-14)8-11(2,3)16/h9,16H,4-8,12H2,1-3H3. The van der Waals surface area contributed by atoms with Gasteiger partial charge in [0.1, 0.15) is 0 Å². The van der Waals surface area contributed by atoms with Crippen molar-refractivity contribution in [2.75, 3.05) is 32.7 Å². The Morgan fingerprint density at radius 2 is 1.88 bits per heavy atom. The van der Waals surface area contributed by atoms with Crippen LogP contribution in [0.5, 0.6) is 0 Å². The Kier molecular flexibility index (Phi) is 4.29. The van der Waals surface area contributed by atoms with Gasteiger partial charge in [-0.3, -0.25) is 9.69 Å². The van der Waals surface area contributed by atoms with Gasteiger partial charge in [0.2, 0.25) is 5.91 Å². The van der Waals surface area contributed by atoms with Crippen LogP contribution in [-0.4, -0.2) is 65.2 Å². The van der Waals surface area contributed by atoms with Crippen LogP contribution < -0.4 is 5.73 Å². The zero-order chi connectivity index (χ0) is 12.3. The summed E-state index contributed by atoms with van der Waals surface area (Å²) in [6.45, 7) is 8.98. The van der Waals surface area contributed by atoms with Crippen molar-refractivity contribution in [3.05, 3.63) is 0 Å². The number of nitrogens with two attached hydrogens (primary N) is 1. The molecule has 1 saturated heterocycles. The van der Waals surface area contributed by atoms with Crippen molar-refractivity contribution in [2.24, 2.45) is 5.73 Å². The van der Waals surface area contributed by atoms with Crippen molar-refractivity contribution in [1.82, 2.24) is 9.80 Å². The fraction of sp³-hybridized carbons (Fsp3) is 0.909. The molecule has 0 aromatic carbocycles. The molecule has 0 aromatic heterocycles. The van der Waals surface area contributed by atoms with Crippen molar-refractivity contribution < 1.29 is 9.90 Å². The van der Waals surface area contributed by atoms with E-state index in [0.717, 1.165) is 13.1 Å². The molecular formula is C11H23N3O2. The predicted octanol–water partition coefficient (Wildman–Crippen LogP) is -0.751. The van der Waals surface area contributed by atoms with Crippen LogP contribution in [0.4, 0.5) is 0 Å². The lowest BCUT2D eigenvalue weighted by Gasteiger charge is -2.37. The maximum atomic E-state index is 11.6. The summed E-state index contributed by atoms with van der Waals surface area (Å²) in [6.07, 6.45) is 0. The maximum Gasteiger partial charge on any atom is 0.239 e. The molecule has 0 radical (unpaired) electrons. The van der Waals surface area contributed by atoms with E-state index in [1.165, 1.54) is 0 Å². The molecule has 0 bridgehead atoms. The average molecular weight is 229 g/mol. The van der Waals surface area contributed by atoms with E-state index in [9.17, 15) is 9.90 Å². The third-order valence-corrected chi connectivity index (χ3v) is 2.68. The van der Waals surface area contributed by atoms with E-state index in [1.807, 2.05) is 0 Å². The first-order chi connectivity index (χ1) is 7.29. The lowest BCUT2D eigenvalue weighted by molar-refractivity contribution is -0.134. The van der Waals surface area contributed by atoms with Crippen LogP contribution in [-0.2, 0) is 4.79 Å².